The van der Waals surface area contributed by atoms with Crippen LogP contribution in [-0.4, -0.2) is 30.9 Å². The van der Waals surface area contributed by atoms with Crippen LogP contribution in [0.3, 0.4) is 0 Å². The molecule has 0 spiro atoms. The number of amides is 2. The summed E-state index contributed by atoms with van der Waals surface area (Å²) < 4.78 is 0. The van der Waals surface area contributed by atoms with E-state index in [-0.39, 0.29) is 17.7 Å². The largest absolute Gasteiger partial charge is 0.355 e. The predicted molar refractivity (Wildman–Crippen MR) is 80.7 cm³/mol. The summed E-state index contributed by atoms with van der Waals surface area (Å²) >= 11 is 1.63. The smallest absolute Gasteiger partial charge is 0.253 e. The highest BCUT2D eigenvalue weighted by molar-refractivity contribution is 7.98. The Hall–Kier alpha value is -1.49. The number of thioether (sulfide) groups is 1. The van der Waals surface area contributed by atoms with E-state index in [9.17, 15) is 9.59 Å². The van der Waals surface area contributed by atoms with Gasteiger partial charge < -0.3 is 10.6 Å². The van der Waals surface area contributed by atoms with Crippen LogP contribution in [0, 0.1) is 12.8 Å². The molecular formula is C14H20N2O2S. The van der Waals surface area contributed by atoms with Crippen molar-refractivity contribution in [2.24, 2.45) is 5.92 Å². The van der Waals surface area contributed by atoms with Crippen molar-refractivity contribution in [2.75, 3.05) is 24.4 Å². The molecule has 2 amide bonds. The second-order valence-corrected chi connectivity index (χ2v) is 5.38. The molecule has 1 atom stereocenters. The van der Waals surface area contributed by atoms with Gasteiger partial charge >= 0.3 is 0 Å². The number of aryl methyl sites for hydroxylation is 1. The molecular weight excluding hydrogens is 260 g/mol. The van der Waals surface area contributed by atoms with E-state index in [2.05, 4.69) is 10.6 Å². The number of rotatable bonds is 5. The highest BCUT2D eigenvalue weighted by atomic mass is 32.2. The minimum atomic E-state index is -0.198. The average Bonchev–Trinajstić information content (AvgIpc) is 2.40. The molecule has 1 unspecified atom stereocenters. The van der Waals surface area contributed by atoms with Crippen molar-refractivity contribution in [2.45, 2.75) is 13.8 Å². The second kappa shape index (κ2) is 7.19. The van der Waals surface area contributed by atoms with Gasteiger partial charge in [-0.05, 0) is 25.3 Å². The Morgan fingerprint density at radius 2 is 2.05 bits per heavy atom. The van der Waals surface area contributed by atoms with Crippen LogP contribution in [0.4, 0.5) is 5.69 Å². The SMILES string of the molecule is CNC(=O)c1cc(C)ccc1NC(=O)C(C)CSC. The number of anilines is 1. The number of nitrogens with one attached hydrogen (secondary N) is 2. The summed E-state index contributed by atoms with van der Waals surface area (Å²) in [5.41, 5.74) is 2.03. The third-order valence-electron chi connectivity index (χ3n) is 2.77. The van der Waals surface area contributed by atoms with Crippen LogP contribution in [0.1, 0.15) is 22.8 Å². The second-order valence-electron chi connectivity index (χ2n) is 4.47. The molecule has 19 heavy (non-hydrogen) atoms. The molecule has 1 aromatic carbocycles. The minimum Gasteiger partial charge on any atom is -0.355 e. The number of carbonyl (C=O) groups excluding carboxylic acids is 2. The van der Waals surface area contributed by atoms with Crippen molar-refractivity contribution < 1.29 is 9.59 Å². The molecule has 0 bridgehead atoms. The Morgan fingerprint density at radius 3 is 2.63 bits per heavy atom. The molecule has 0 radical (unpaired) electrons. The lowest BCUT2D eigenvalue weighted by Crippen LogP contribution is -2.25. The molecule has 0 aliphatic carbocycles. The first-order chi connectivity index (χ1) is 8.99. The van der Waals surface area contributed by atoms with Crippen molar-refractivity contribution in [1.82, 2.24) is 5.32 Å². The molecule has 0 heterocycles. The van der Waals surface area contributed by atoms with Gasteiger partial charge in [-0.1, -0.05) is 18.6 Å². The Labute approximate surface area is 118 Å². The number of hydrogen-bond donors (Lipinski definition) is 2. The van der Waals surface area contributed by atoms with Gasteiger partial charge in [0, 0.05) is 18.7 Å². The van der Waals surface area contributed by atoms with Crippen LogP contribution in [0.15, 0.2) is 18.2 Å². The lowest BCUT2D eigenvalue weighted by Gasteiger charge is -2.14. The van der Waals surface area contributed by atoms with Crippen molar-refractivity contribution in [1.29, 1.82) is 0 Å². The molecule has 0 saturated carbocycles. The van der Waals surface area contributed by atoms with Gasteiger partial charge in [0.15, 0.2) is 0 Å². The third kappa shape index (κ3) is 4.28. The van der Waals surface area contributed by atoms with Gasteiger partial charge in [-0.15, -0.1) is 0 Å². The highest BCUT2D eigenvalue weighted by Crippen LogP contribution is 2.19. The summed E-state index contributed by atoms with van der Waals surface area (Å²) in [6.45, 7) is 3.79. The van der Waals surface area contributed by atoms with Gasteiger partial charge in [0.05, 0.1) is 11.3 Å². The van der Waals surface area contributed by atoms with Crippen LogP contribution in [0.2, 0.25) is 0 Å². The van der Waals surface area contributed by atoms with E-state index >= 15 is 0 Å². The Bertz CT molecular complexity index is 475. The zero-order valence-electron chi connectivity index (χ0n) is 11.7. The molecule has 1 aromatic rings. The molecule has 5 heteroatoms. The number of hydrogen-bond acceptors (Lipinski definition) is 3. The molecule has 0 aliphatic rings. The maximum absolute atomic E-state index is 12.0. The van der Waals surface area contributed by atoms with Crippen molar-refractivity contribution in [3.05, 3.63) is 29.3 Å². The zero-order valence-corrected chi connectivity index (χ0v) is 12.6. The average molecular weight is 280 g/mol. The molecule has 0 aromatic heterocycles. The molecule has 2 N–H and O–H groups in total. The first kappa shape index (κ1) is 15.6. The Kier molecular flexibility index (Phi) is 5.89. The first-order valence-corrected chi connectivity index (χ1v) is 7.51. The van der Waals surface area contributed by atoms with E-state index in [1.165, 1.54) is 0 Å². The standard InChI is InChI=1S/C14H20N2O2S/c1-9-5-6-12(11(7-9)14(18)15-3)16-13(17)10(2)8-19-4/h5-7,10H,8H2,1-4H3,(H,15,18)(H,16,17). The zero-order chi connectivity index (χ0) is 14.4. The Morgan fingerprint density at radius 1 is 1.37 bits per heavy atom. The topological polar surface area (TPSA) is 58.2 Å². The summed E-state index contributed by atoms with van der Waals surface area (Å²) in [5.74, 6) is 0.404. The summed E-state index contributed by atoms with van der Waals surface area (Å²) in [4.78, 5) is 23.8. The molecule has 0 fully saturated rings. The van der Waals surface area contributed by atoms with Crippen LogP contribution >= 0.6 is 11.8 Å². The van der Waals surface area contributed by atoms with Gasteiger partial charge in [0.1, 0.15) is 0 Å². The maximum atomic E-state index is 12.0. The number of benzene rings is 1. The predicted octanol–water partition coefficient (Wildman–Crippen LogP) is 2.29. The summed E-state index contributed by atoms with van der Waals surface area (Å²) in [5, 5.41) is 5.41. The monoisotopic (exact) mass is 280 g/mol. The fourth-order valence-electron chi connectivity index (χ4n) is 1.67. The number of carbonyl (C=O) groups is 2. The Balaban J connectivity index is 2.94. The van der Waals surface area contributed by atoms with Crippen LogP contribution in [0.25, 0.3) is 0 Å². The van der Waals surface area contributed by atoms with Gasteiger partial charge in [-0.3, -0.25) is 9.59 Å². The molecule has 0 saturated heterocycles. The summed E-state index contributed by atoms with van der Waals surface area (Å²) in [7, 11) is 1.58. The molecule has 1 rings (SSSR count). The van der Waals surface area contributed by atoms with E-state index in [0.29, 0.717) is 11.3 Å². The van der Waals surface area contributed by atoms with E-state index in [0.717, 1.165) is 11.3 Å². The lowest BCUT2D eigenvalue weighted by atomic mass is 10.1. The van der Waals surface area contributed by atoms with E-state index in [1.807, 2.05) is 26.2 Å². The summed E-state index contributed by atoms with van der Waals surface area (Å²) in [6, 6.07) is 5.42. The van der Waals surface area contributed by atoms with Gasteiger partial charge in [-0.25, -0.2) is 0 Å². The van der Waals surface area contributed by atoms with E-state index in [1.54, 1.807) is 30.9 Å². The summed E-state index contributed by atoms with van der Waals surface area (Å²) in [6.07, 6.45) is 1.96. The fraction of sp³-hybridized carbons (Fsp3) is 0.429. The molecule has 0 aliphatic heterocycles. The molecule has 104 valence electrons. The third-order valence-corrected chi connectivity index (χ3v) is 3.60. The minimum absolute atomic E-state index is 0.0663. The van der Waals surface area contributed by atoms with Crippen LogP contribution in [-0.2, 0) is 4.79 Å². The van der Waals surface area contributed by atoms with E-state index in [4.69, 9.17) is 0 Å². The van der Waals surface area contributed by atoms with Gasteiger partial charge in [-0.2, -0.15) is 11.8 Å². The lowest BCUT2D eigenvalue weighted by molar-refractivity contribution is -0.118. The van der Waals surface area contributed by atoms with E-state index < -0.39 is 0 Å². The fourth-order valence-corrected chi connectivity index (χ4v) is 2.32. The van der Waals surface area contributed by atoms with Gasteiger partial charge in [0.2, 0.25) is 5.91 Å². The van der Waals surface area contributed by atoms with Gasteiger partial charge in [0.25, 0.3) is 5.91 Å². The normalized spacial score (nSPS) is 11.8. The first-order valence-electron chi connectivity index (χ1n) is 6.12. The maximum Gasteiger partial charge on any atom is 0.253 e. The molecule has 4 nitrogen and oxygen atoms in total. The van der Waals surface area contributed by atoms with Crippen molar-refractivity contribution in [3.63, 3.8) is 0 Å². The van der Waals surface area contributed by atoms with Crippen molar-refractivity contribution in [3.8, 4) is 0 Å². The van der Waals surface area contributed by atoms with Crippen LogP contribution < -0.4 is 10.6 Å². The highest BCUT2D eigenvalue weighted by Gasteiger charge is 2.16. The van der Waals surface area contributed by atoms with Crippen LogP contribution in [0.5, 0.6) is 0 Å². The quantitative estimate of drug-likeness (QED) is 0.870. The van der Waals surface area contributed by atoms with Crippen molar-refractivity contribution >= 4 is 29.3 Å².